The number of ether oxygens (including phenoxy) is 1. The minimum Gasteiger partial charge on any atom is -0.378 e. The Hall–Kier alpha value is -0.340. The van der Waals surface area contributed by atoms with Gasteiger partial charge in [-0.2, -0.15) is 0 Å². The highest BCUT2D eigenvalue weighted by atomic mass is 16.5. The highest BCUT2D eigenvalue weighted by Gasteiger charge is 2.15. The second-order valence-electron chi connectivity index (χ2n) is 2.92. The number of hydrogen-bond acceptors (Lipinski definition) is 2. The molecule has 0 spiro atoms. The highest BCUT2D eigenvalue weighted by Crippen LogP contribution is 1.98. The van der Waals surface area contributed by atoms with Crippen LogP contribution in [-0.2, 0) is 4.74 Å². The van der Waals surface area contributed by atoms with Crippen LogP contribution in [0.1, 0.15) is 13.8 Å². The fraction of sp³-hybridized carbons (Fsp3) is 0.750. The average molecular weight is 141 g/mol. The van der Waals surface area contributed by atoms with Gasteiger partial charge in [-0.1, -0.05) is 11.6 Å². The summed E-state index contributed by atoms with van der Waals surface area (Å²) in [5.74, 6) is 0. The molecule has 0 aromatic heterocycles. The lowest BCUT2D eigenvalue weighted by molar-refractivity contribution is -0.00347. The lowest BCUT2D eigenvalue weighted by Crippen LogP contribution is -2.45. The van der Waals surface area contributed by atoms with Crippen molar-refractivity contribution in [2.75, 3.05) is 19.8 Å². The van der Waals surface area contributed by atoms with Gasteiger partial charge >= 0.3 is 0 Å². The molecule has 0 saturated carbocycles. The van der Waals surface area contributed by atoms with E-state index in [1.165, 1.54) is 5.57 Å². The number of hydrogen-bond donors (Lipinski definition) is 1. The maximum absolute atomic E-state index is 5.01. The Morgan fingerprint density at radius 1 is 1.60 bits per heavy atom. The highest BCUT2D eigenvalue weighted by molar-refractivity contribution is 4.95. The predicted octanol–water partition coefficient (Wildman–Crippen LogP) is 0.941. The quantitative estimate of drug-likeness (QED) is 0.591. The SMILES string of the molecule is CC(C)=CCNC1COC1. The largest absolute Gasteiger partial charge is 0.378 e. The first kappa shape index (κ1) is 7.76. The van der Waals surface area contributed by atoms with Gasteiger partial charge in [0.25, 0.3) is 0 Å². The minimum absolute atomic E-state index is 0.607. The molecule has 0 aliphatic carbocycles. The zero-order valence-electron chi connectivity index (χ0n) is 6.68. The summed E-state index contributed by atoms with van der Waals surface area (Å²) in [6, 6.07) is 0.607. The fourth-order valence-electron chi connectivity index (χ4n) is 0.783. The first-order valence-corrected chi connectivity index (χ1v) is 3.73. The molecule has 1 aliphatic rings. The summed E-state index contributed by atoms with van der Waals surface area (Å²) in [6.07, 6.45) is 2.19. The van der Waals surface area contributed by atoms with Gasteiger partial charge in [0.15, 0.2) is 0 Å². The second kappa shape index (κ2) is 3.74. The van der Waals surface area contributed by atoms with Gasteiger partial charge in [-0.3, -0.25) is 0 Å². The molecule has 1 N–H and O–H groups in total. The van der Waals surface area contributed by atoms with Crippen LogP contribution < -0.4 is 5.32 Å². The van der Waals surface area contributed by atoms with Crippen LogP contribution in [0.15, 0.2) is 11.6 Å². The molecule has 1 fully saturated rings. The third kappa shape index (κ3) is 2.50. The summed E-state index contributed by atoms with van der Waals surface area (Å²) in [5, 5.41) is 3.35. The molecule has 2 nitrogen and oxygen atoms in total. The van der Waals surface area contributed by atoms with Crippen molar-refractivity contribution >= 4 is 0 Å². The second-order valence-corrected chi connectivity index (χ2v) is 2.92. The van der Waals surface area contributed by atoms with E-state index in [0.29, 0.717) is 6.04 Å². The van der Waals surface area contributed by atoms with Crippen LogP contribution in [-0.4, -0.2) is 25.8 Å². The van der Waals surface area contributed by atoms with Gasteiger partial charge in [0, 0.05) is 6.54 Å². The Bertz CT molecular complexity index is 123. The summed E-state index contributed by atoms with van der Waals surface area (Å²) in [5.41, 5.74) is 1.37. The van der Waals surface area contributed by atoms with Gasteiger partial charge < -0.3 is 10.1 Å². The van der Waals surface area contributed by atoms with E-state index >= 15 is 0 Å². The first-order chi connectivity index (χ1) is 4.79. The standard InChI is InChI=1S/C8H15NO/c1-7(2)3-4-9-8-5-10-6-8/h3,8-9H,4-6H2,1-2H3. The van der Waals surface area contributed by atoms with Gasteiger partial charge in [0.05, 0.1) is 19.3 Å². The normalized spacial score (nSPS) is 18.2. The molecule has 10 heavy (non-hydrogen) atoms. The van der Waals surface area contributed by atoms with Gasteiger partial charge in [0.1, 0.15) is 0 Å². The van der Waals surface area contributed by atoms with Crippen molar-refractivity contribution in [2.45, 2.75) is 19.9 Å². The molecule has 1 rings (SSSR count). The van der Waals surface area contributed by atoms with Crippen LogP contribution in [0.2, 0.25) is 0 Å². The van der Waals surface area contributed by atoms with Crippen molar-refractivity contribution < 1.29 is 4.74 Å². The van der Waals surface area contributed by atoms with Crippen molar-refractivity contribution in [1.29, 1.82) is 0 Å². The first-order valence-electron chi connectivity index (χ1n) is 3.73. The van der Waals surface area contributed by atoms with Gasteiger partial charge in [-0.05, 0) is 13.8 Å². The van der Waals surface area contributed by atoms with Crippen LogP contribution >= 0.6 is 0 Å². The van der Waals surface area contributed by atoms with E-state index in [1.807, 2.05) is 0 Å². The topological polar surface area (TPSA) is 21.3 Å². The molecular weight excluding hydrogens is 126 g/mol. The van der Waals surface area contributed by atoms with Gasteiger partial charge in [-0.25, -0.2) is 0 Å². The number of nitrogens with one attached hydrogen (secondary N) is 1. The minimum atomic E-state index is 0.607. The average Bonchev–Trinajstić information content (AvgIpc) is 1.75. The van der Waals surface area contributed by atoms with E-state index in [1.54, 1.807) is 0 Å². The summed E-state index contributed by atoms with van der Waals surface area (Å²) >= 11 is 0. The van der Waals surface area contributed by atoms with Crippen molar-refractivity contribution in [2.24, 2.45) is 0 Å². The molecule has 0 aromatic carbocycles. The van der Waals surface area contributed by atoms with E-state index in [2.05, 4.69) is 25.2 Å². The smallest absolute Gasteiger partial charge is 0.0643 e. The van der Waals surface area contributed by atoms with E-state index in [0.717, 1.165) is 19.8 Å². The Labute approximate surface area is 62.3 Å². The zero-order chi connectivity index (χ0) is 7.40. The Morgan fingerprint density at radius 2 is 2.30 bits per heavy atom. The van der Waals surface area contributed by atoms with E-state index in [4.69, 9.17) is 4.74 Å². The third-order valence-electron chi connectivity index (χ3n) is 1.55. The van der Waals surface area contributed by atoms with E-state index < -0.39 is 0 Å². The van der Waals surface area contributed by atoms with Crippen LogP contribution in [0.25, 0.3) is 0 Å². The Kier molecular flexibility index (Phi) is 2.90. The van der Waals surface area contributed by atoms with E-state index in [9.17, 15) is 0 Å². The van der Waals surface area contributed by atoms with Gasteiger partial charge in [0.2, 0.25) is 0 Å². The molecule has 1 aliphatic heterocycles. The van der Waals surface area contributed by atoms with E-state index in [-0.39, 0.29) is 0 Å². The molecule has 2 heteroatoms. The van der Waals surface area contributed by atoms with Crippen LogP contribution in [0.3, 0.4) is 0 Å². The van der Waals surface area contributed by atoms with Crippen LogP contribution in [0.4, 0.5) is 0 Å². The summed E-state index contributed by atoms with van der Waals surface area (Å²) in [6.45, 7) is 6.97. The monoisotopic (exact) mass is 141 g/mol. The van der Waals surface area contributed by atoms with Crippen molar-refractivity contribution in [3.05, 3.63) is 11.6 Å². The fourth-order valence-corrected chi connectivity index (χ4v) is 0.783. The molecule has 0 radical (unpaired) electrons. The predicted molar refractivity (Wildman–Crippen MR) is 42.0 cm³/mol. The van der Waals surface area contributed by atoms with Crippen molar-refractivity contribution in [3.63, 3.8) is 0 Å². The molecule has 0 bridgehead atoms. The summed E-state index contributed by atoms with van der Waals surface area (Å²) < 4.78 is 5.01. The lowest BCUT2D eigenvalue weighted by Gasteiger charge is -2.26. The van der Waals surface area contributed by atoms with Crippen molar-refractivity contribution in [1.82, 2.24) is 5.32 Å². The molecule has 0 aromatic rings. The molecule has 0 unspecified atom stereocenters. The van der Waals surface area contributed by atoms with Crippen LogP contribution in [0.5, 0.6) is 0 Å². The zero-order valence-corrected chi connectivity index (χ0v) is 6.68. The number of rotatable bonds is 3. The third-order valence-corrected chi connectivity index (χ3v) is 1.55. The van der Waals surface area contributed by atoms with Crippen LogP contribution in [0, 0.1) is 0 Å². The molecule has 0 amide bonds. The molecule has 58 valence electrons. The molecule has 0 atom stereocenters. The molecular formula is C8H15NO. The molecule has 1 saturated heterocycles. The molecule has 1 heterocycles. The Balaban J connectivity index is 1.99. The Morgan fingerprint density at radius 3 is 2.70 bits per heavy atom. The van der Waals surface area contributed by atoms with Gasteiger partial charge in [-0.15, -0.1) is 0 Å². The summed E-state index contributed by atoms with van der Waals surface area (Å²) in [4.78, 5) is 0. The lowest BCUT2D eigenvalue weighted by atomic mass is 10.2. The maximum Gasteiger partial charge on any atom is 0.0643 e. The van der Waals surface area contributed by atoms with Crippen molar-refractivity contribution in [3.8, 4) is 0 Å². The number of allylic oxidation sites excluding steroid dienone is 1. The maximum atomic E-state index is 5.01. The summed E-state index contributed by atoms with van der Waals surface area (Å²) in [7, 11) is 0.